The van der Waals surface area contributed by atoms with E-state index >= 15 is 0 Å². The fourth-order valence-corrected chi connectivity index (χ4v) is 7.33. The summed E-state index contributed by atoms with van der Waals surface area (Å²) < 4.78 is 4.69. The number of benzene rings is 7. The quantitative estimate of drug-likeness (QED) is 0.205. The summed E-state index contributed by atoms with van der Waals surface area (Å²) in [6.07, 6.45) is 0. The van der Waals surface area contributed by atoms with Gasteiger partial charge in [0.15, 0.2) is 0 Å². The third-order valence-electron chi connectivity index (χ3n) is 9.23. The van der Waals surface area contributed by atoms with Gasteiger partial charge in [-0.05, 0) is 71.4 Å². The Morgan fingerprint density at radius 1 is 0.422 bits per heavy atom. The summed E-state index contributed by atoms with van der Waals surface area (Å²) in [5, 5.41) is 4.88. The number of hydrogen-bond acceptors (Lipinski definition) is 2. The molecule has 45 heavy (non-hydrogen) atoms. The molecule has 0 aliphatic carbocycles. The van der Waals surface area contributed by atoms with Gasteiger partial charge in [0.2, 0.25) is 5.95 Å². The fourth-order valence-electron chi connectivity index (χ4n) is 7.33. The van der Waals surface area contributed by atoms with Gasteiger partial charge in [0.25, 0.3) is 0 Å². The second-order valence-electron chi connectivity index (χ2n) is 11.7. The van der Waals surface area contributed by atoms with Gasteiger partial charge in [-0.1, -0.05) is 97.1 Å². The van der Waals surface area contributed by atoms with E-state index in [1.165, 1.54) is 43.7 Å². The highest BCUT2D eigenvalue weighted by atomic mass is 15.3. The highest BCUT2D eigenvalue weighted by Crippen LogP contribution is 2.50. The molecule has 210 valence electrons. The van der Waals surface area contributed by atoms with Crippen LogP contribution in [0, 0.1) is 0 Å². The maximum Gasteiger partial charge on any atom is 0.220 e. The van der Waals surface area contributed by atoms with Crippen molar-refractivity contribution >= 4 is 60.9 Å². The first-order chi connectivity index (χ1) is 22.3. The maximum atomic E-state index is 5.33. The number of anilines is 3. The molecule has 0 N–H and O–H groups in total. The molecule has 10 rings (SSSR count). The van der Waals surface area contributed by atoms with Crippen LogP contribution in [0.25, 0.3) is 66.1 Å². The summed E-state index contributed by atoms with van der Waals surface area (Å²) in [6.45, 7) is 0. The summed E-state index contributed by atoms with van der Waals surface area (Å²) in [6, 6.07) is 56.6. The second-order valence-corrected chi connectivity index (χ2v) is 11.7. The number of fused-ring (bicyclic) bond motifs is 12. The van der Waals surface area contributed by atoms with Crippen LogP contribution in [-0.2, 0) is 0 Å². The normalized spacial score (nSPS) is 12.4. The average molecular weight is 575 g/mol. The molecule has 0 amide bonds. The predicted molar refractivity (Wildman–Crippen MR) is 187 cm³/mol. The number of para-hydroxylation sites is 5. The second kappa shape index (κ2) is 9.18. The first-order valence-electron chi connectivity index (χ1n) is 15.3. The summed E-state index contributed by atoms with van der Waals surface area (Å²) in [5.41, 5.74) is 11.3. The van der Waals surface area contributed by atoms with Crippen LogP contribution in [0.15, 0.2) is 158 Å². The van der Waals surface area contributed by atoms with E-state index in [4.69, 9.17) is 4.98 Å². The van der Waals surface area contributed by atoms with E-state index in [9.17, 15) is 0 Å². The highest BCUT2D eigenvalue weighted by Gasteiger charge is 2.30. The van der Waals surface area contributed by atoms with Crippen LogP contribution in [0.2, 0.25) is 0 Å². The standard InChI is InChI=1S/C41H26N4/c1-2-13-28(14-3-1)43-35-19-9-6-16-31(35)33-26-29(23-25-37(33)43)44-39-24-22-27-12-4-5-15-30(27)40(39)32-17-7-10-20-36(32)45-38-21-11-8-18-34(38)42-41(44)45/h1-26H. The largest absolute Gasteiger partial charge is 0.309 e. The molecule has 3 heterocycles. The predicted octanol–water partition coefficient (Wildman–Crippen LogP) is 10.7. The van der Waals surface area contributed by atoms with Crippen molar-refractivity contribution in [3.8, 4) is 22.5 Å². The molecule has 1 aliphatic heterocycles. The minimum absolute atomic E-state index is 0.879. The summed E-state index contributed by atoms with van der Waals surface area (Å²) in [4.78, 5) is 7.68. The Hall–Kier alpha value is -6.13. The Morgan fingerprint density at radius 3 is 2.04 bits per heavy atom. The van der Waals surface area contributed by atoms with E-state index in [0.717, 1.165) is 39.7 Å². The fraction of sp³-hybridized carbons (Fsp3) is 0. The van der Waals surface area contributed by atoms with Crippen LogP contribution in [0.4, 0.5) is 17.3 Å². The molecule has 0 unspecified atom stereocenters. The van der Waals surface area contributed by atoms with Gasteiger partial charge >= 0.3 is 0 Å². The lowest BCUT2D eigenvalue weighted by Gasteiger charge is -2.25. The lowest BCUT2D eigenvalue weighted by atomic mass is 9.94. The molecule has 0 atom stereocenters. The first kappa shape index (κ1) is 24.3. The summed E-state index contributed by atoms with van der Waals surface area (Å²) in [7, 11) is 0. The van der Waals surface area contributed by atoms with Gasteiger partial charge in [-0.15, -0.1) is 0 Å². The third-order valence-corrected chi connectivity index (χ3v) is 9.23. The molecule has 0 radical (unpaired) electrons. The Bertz CT molecular complexity index is 2610. The first-order valence-corrected chi connectivity index (χ1v) is 15.3. The van der Waals surface area contributed by atoms with Crippen LogP contribution in [0.5, 0.6) is 0 Å². The van der Waals surface area contributed by atoms with E-state index in [0.29, 0.717) is 0 Å². The van der Waals surface area contributed by atoms with Crippen molar-refractivity contribution in [3.63, 3.8) is 0 Å². The smallest absolute Gasteiger partial charge is 0.220 e. The third kappa shape index (κ3) is 3.39. The van der Waals surface area contributed by atoms with E-state index in [-0.39, 0.29) is 0 Å². The lowest BCUT2D eigenvalue weighted by molar-refractivity contribution is 1.05. The van der Waals surface area contributed by atoms with Gasteiger partial charge in [0.1, 0.15) is 0 Å². The van der Waals surface area contributed by atoms with Gasteiger partial charge in [-0.3, -0.25) is 9.47 Å². The Balaban J connectivity index is 1.34. The number of hydrogen-bond donors (Lipinski definition) is 0. The molecule has 0 fully saturated rings. The van der Waals surface area contributed by atoms with E-state index in [1.54, 1.807) is 0 Å². The average Bonchev–Trinajstić information content (AvgIpc) is 3.61. The van der Waals surface area contributed by atoms with E-state index in [1.807, 2.05) is 0 Å². The SMILES string of the molecule is c1ccc(-n2c3ccccc3c3cc(N4c5ccc6ccccc6c5-c5ccccc5-n5c4nc4ccccc45)ccc32)cc1. The van der Waals surface area contributed by atoms with Crippen molar-refractivity contribution in [2.45, 2.75) is 0 Å². The molecule has 0 bridgehead atoms. The van der Waals surface area contributed by atoms with Crippen LogP contribution in [-0.4, -0.2) is 14.1 Å². The molecule has 2 aromatic heterocycles. The number of imidazole rings is 1. The molecule has 9 aromatic rings. The molecular formula is C41H26N4. The van der Waals surface area contributed by atoms with Crippen LogP contribution >= 0.6 is 0 Å². The monoisotopic (exact) mass is 574 g/mol. The molecule has 4 nitrogen and oxygen atoms in total. The summed E-state index contributed by atoms with van der Waals surface area (Å²) >= 11 is 0. The molecular weight excluding hydrogens is 548 g/mol. The van der Waals surface area contributed by atoms with Crippen LogP contribution < -0.4 is 4.90 Å². The topological polar surface area (TPSA) is 26.0 Å². The molecule has 1 aliphatic rings. The number of nitrogens with zero attached hydrogens (tertiary/aromatic N) is 4. The zero-order chi connectivity index (χ0) is 29.5. The Morgan fingerprint density at radius 2 is 1.13 bits per heavy atom. The van der Waals surface area contributed by atoms with Crippen molar-refractivity contribution in [1.82, 2.24) is 14.1 Å². The lowest BCUT2D eigenvalue weighted by Crippen LogP contribution is -2.14. The number of rotatable bonds is 2. The van der Waals surface area contributed by atoms with Crippen molar-refractivity contribution in [3.05, 3.63) is 158 Å². The number of aromatic nitrogens is 3. The summed E-state index contributed by atoms with van der Waals surface area (Å²) in [5.74, 6) is 0.879. The van der Waals surface area contributed by atoms with E-state index < -0.39 is 0 Å². The zero-order valence-electron chi connectivity index (χ0n) is 24.3. The molecule has 0 saturated heterocycles. The minimum Gasteiger partial charge on any atom is -0.309 e. The van der Waals surface area contributed by atoms with Crippen LogP contribution in [0.3, 0.4) is 0 Å². The highest BCUT2D eigenvalue weighted by molar-refractivity contribution is 6.12. The van der Waals surface area contributed by atoms with Gasteiger partial charge in [0, 0.05) is 33.3 Å². The van der Waals surface area contributed by atoms with Crippen LogP contribution in [0.1, 0.15) is 0 Å². The maximum absolute atomic E-state index is 5.33. The van der Waals surface area contributed by atoms with Gasteiger partial charge in [-0.2, -0.15) is 0 Å². The molecule has 0 spiro atoms. The van der Waals surface area contributed by atoms with Crippen molar-refractivity contribution in [2.75, 3.05) is 4.90 Å². The molecule has 4 heteroatoms. The zero-order valence-corrected chi connectivity index (χ0v) is 24.3. The molecule has 7 aromatic carbocycles. The van der Waals surface area contributed by atoms with Gasteiger partial charge < -0.3 is 4.57 Å². The Kier molecular flexibility index (Phi) is 4.96. The Labute approximate surface area is 259 Å². The van der Waals surface area contributed by atoms with E-state index in [2.05, 4.69) is 172 Å². The molecule has 0 saturated carbocycles. The minimum atomic E-state index is 0.879. The van der Waals surface area contributed by atoms with Crippen molar-refractivity contribution in [2.24, 2.45) is 0 Å². The van der Waals surface area contributed by atoms with Crippen molar-refractivity contribution < 1.29 is 0 Å². The van der Waals surface area contributed by atoms with Gasteiger partial charge in [-0.25, -0.2) is 4.98 Å². The van der Waals surface area contributed by atoms with Crippen molar-refractivity contribution in [1.29, 1.82) is 0 Å². The van der Waals surface area contributed by atoms with Gasteiger partial charge in [0.05, 0.1) is 33.4 Å².